The van der Waals surface area contributed by atoms with Gasteiger partial charge in [-0.2, -0.15) is 5.10 Å². The lowest BCUT2D eigenvalue weighted by atomic mass is 10.0. The van der Waals surface area contributed by atoms with Crippen molar-refractivity contribution in [3.63, 3.8) is 0 Å². The zero-order valence-corrected chi connectivity index (χ0v) is 12.2. The van der Waals surface area contributed by atoms with Crippen LogP contribution in [0.4, 0.5) is 5.69 Å². The van der Waals surface area contributed by atoms with E-state index in [1.54, 1.807) is 10.9 Å². The molecule has 2 aromatic rings. The van der Waals surface area contributed by atoms with Crippen molar-refractivity contribution in [1.82, 2.24) is 9.78 Å². The number of aromatic nitrogens is 2. The van der Waals surface area contributed by atoms with E-state index in [1.165, 1.54) is 11.1 Å². The molecule has 0 aliphatic heterocycles. The van der Waals surface area contributed by atoms with Gasteiger partial charge in [0.15, 0.2) is 0 Å². The fourth-order valence-electron chi connectivity index (χ4n) is 2.15. The van der Waals surface area contributed by atoms with Gasteiger partial charge in [-0.3, -0.25) is 4.68 Å². The van der Waals surface area contributed by atoms with Crippen molar-refractivity contribution in [3.05, 3.63) is 47.8 Å². The first-order valence-electron chi connectivity index (χ1n) is 7.12. The van der Waals surface area contributed by atoms with Crippen LogP contribution in [0.2, 0.25) is 0 Å². The molecule has 0 atom stereocenters. The SMILES string of the molecule is CC(C)Cc1ccc(CNc2cnn(CCO)c2)cc1. The summed E-state index contributed by atoms with van der Waals surface area (Å²) in [6.45, 7) is 5.90. The van der Waals surface area contributed by atoms with Crippen LogP contribution in [0.1, 0.15) is 25.0 Å². The second-order valence-electron chi connectivity index (χ2n) is 5.48. The standard InChI is InChI=1S/C16H23N3O/c1-13(2)9-14-3-5-15(6-4-14)10-17-16-11-18-19(12-16)7-8-20/h3-6,11-13,17,20H,7-10H2,1-2H3. The lowest BCUT2D eigenvalue weighted by molar-refractivity contribution is 0.269. The van der Waals surface area contributed by atoms with Crippen molar-refractivity contribution in [2.45, 2.75) is 33.4 Å². The zero-order chi connectivity index (χ0) is 14.4. The van der Waals surface area contributed by atoms with E-state index in [0.29, 0.717) is 12.5 Å². The Balaban J connectivity index is 1.86. The molecular formula is C16H23N3O. The Morgan fingerprint density at radius 3 is 2.55 bits per heavy atom. The molecule has 1 aromatic carbocycles. The molecule has 0 saturated heterocycles. The van der Waals surface area contributed by atoms with Gasteiger partial charge in [0, 0.05) is 12.7 Å². The summed E-state index contributed by atoms with van der Waals surface area (Å²) >= 11 is 0. The van der Waals surface area contributed by atoms with Gasteiger partial charge in [-0.25, -0.2) is 0 Å². The number of nitrogens with zero attached hydrogens (tertiary/aromatic N) is 2. The van der Waals surface area contributed by atoms with Gasteiger partial charge in [0.2, 0.25) is 0 Å². The molecule has 2 rings (SSSR count). The van der Waals surface area contributed by atoms with Crippen molar-refractivity contribution in [3.8, 4) is 0 Å². The van der Waals surface area contributed by atoms with E-state index in [2.05, 4.69) is 48.5 Å². The summed E-state index contributed by atoms with van der Waals surface area (Å²) in [5.41, 5.74) is 3.62. The van der Waals surface area contributed by atoms with Crippen molar-refractivity contribution in [2.24, 2.45) is 5.92 Å². The summed E-state index contributed by atoms with van der Waals surface area (Å²) in [5, 5.41) is 16.3. The van der Waals surface area contributed by atoms with Crippen molar-refractivity contribution < 1.29 is 5.11 Å². The van der Waals surface area contributed by atoms with Crippen molar-refractivity contribution in [1.29, 1.82) is 0 Å². The minimum Gasteiger partial charge on any atom is -0.394 e. The van der Waals surface area contributed by atoms with Gasteiger partial charge in [-0.05, 0) is 23.5 Å². The molecule has 0 fully saturated rings. The maximum atomic E-state index is 8.84. The molecule has 0 spiro atoms. The lowest BCUT2D eigenvalue weighted by Gasteiger charge is -2.07. The number of anilines is 1. The van der Waals surface area contributed by atoms with Gasteiger partial charge in [-0.15, -0.1) is 0 Å². The molecule has 108 valence electrons. The molecule has 4 heteroatoms. The molecule has 0 radical (unpaired) electrons. The van der Waals surface area contributed by atoms with Crippen LogP contribution in [0.5, 0.6) is 0 Å². The Bertz CT molecular complexity index is 517. The van der Waals surface area contributed by atoms with E-state index in [1.807, 2.05) is 6.20 Å². The Kier molecular flexibility index (Phi) is 5.18. The number of hydrogen-bond donors (Lipinski definition) is 2. The summed E-state index contributed by atoms with van der Waals surface area (Å²) in [6, 6.07) is 8.74. The smallest absolute Gasteiger partial charge is 0.0729 e. The summed E-state index contributed by atoms with van der Waals surface area (Å²) in [4.78, 5) is 0. The van der Waals surface area contributed by atoms with E-state index in [0.717, 1.165) is 18.7 Å². The van der Waals surface area contributed by atoms with Gasteiger partial charge in [0.05, 0.1) is 25.0 Å². The Morgan fingerprint density at radius 2 is 1.90 bits per heavy atom. The topological polar surface area (TPSA) is 50.1 Å². The first-order valence-corrected chi connectivity index (χ1v) is 7.12. The lowest BCUT2D eigenvalue weighted by Crippen LogP contribution is -2.02. The maximum absolute atomic E-state index is 8.84. The number of rotatable bonds is 7. The van der Waals surface area contributed by atoms with E-state index in [4.69, 9.17) is 5.11 Å². The Hall–Kier alpha value is -1.81. The minimum atomic E-state index is 0.110. The number of hydrogen-bond acceptors (Lipinski definition) is 3. The fraction of sp³-hybridized carbons (Fsp3) is 0.438. The third-order valence-corrected chi connectivity index (χ3v) is 3.13. The Labute approximate surface area is 120 Å². The zero-order valence-electron chi connectivity index (χ0n) is 12.2. The molecule has 0 unspecified atom stereocenters. The van der Waals surface area contributed by atoms with E-state index >= 15 is 0 Å². The average Bonchev–Trinajstić information content (AvgIpc) is 2.86. The van der Waals surface area contributed by atoms with Gasteiger partial charge in [0.25, 0.3) is 0 Å². The highest BCUT2D eigenvalue weighted by Gasteiger charge is 2.00. The van der Waals surface area contributed by atoms with Gasteiger partial charge in [-0.1, -0.05) is 38.1 Å². The van der Waals surface area contributed by atoms with Crippen LogP contribution in [0.25, 0.3) is 0 Å². The van der Waals surface area contributed by atoms with Gasteiger partial charge >= 0.3 is 0 Å². The van der Waals surface area contributed by atoms with E-state index in [-0.39, 0.29) is 6.61 Å². The molecule has 0 saturated carbocycles. The number of aliphatic hydroxyl groups is 1. The van der Waals surface area contributed by atoms with E-state index < -0.39 is 0 Å². The molecule has 2 N–H and O–H groups in total. The van der Waals surface area contributed by atoms with Crippen molar-refractivity contribution >= 4 is 5.69 Å². The van der Waals surface area contributed by atoms with Gasteiger partial charge < -0.3 is 10.4 Å². The molecule has 1 aromatic heterocycles. The quantitative estimate of drug-likeness (QED) is 0.815. The predicted octanol–water partition coefficient (Wildman–Crippen LogP) is 2.69. The summed E-state index contributed by atoms with van der Waals surface area (Å²) in [7, 11) is 0. The molecule has 0 aliphatic rings. The number of aliphatic hydroxyl groups excluding tert-OH is 1. The molecule has 4 nitrogen and oxygen atoms in total. The summed E-state index contributed by atoms with van der Waals surface area (Å²) < 4.78 is 1.73. The number of nitrogens with one attached hydrogen (secondary N) is 1. The van der Waals surface area contributed by atoms with Crippen molar-refractivity contribution in [2.75, 3.05) is 11.9 Å². The molecule has 0 aliphatic carbocycles. The highest BCUT2D eigenvalue weighted by Crippen LogP contribution is 2.12. The molecule has 0 amide bonds. The third-order valence-electron chi connectivity index (χ3n) is 3.13. The van der Waals surface area contributed by atoms with Crippen LogP contribution in [-0.4, -0.2) is 21.5 Å². The second kappa shape index (κ2) is 7.10. The minimum absolute atomic E-state index is 0.110. The van der Waals surface area contributed by atoms with E-state index in [9.17, 15) is 0 Å². The fourth-order valence-corrected chi connectivity index (χ4v) is 2.15. The maximum Gasteiger partial charge on any atom is 0.0729 e. The molecule has 20 heavy (non-hydrogen) atoms. The second-order valence-corrected chi connectivity index (χ2v) is 5.48. The predicted molar refractivity (Wildman–Crippen MR) is 81.6 cm³/mol. The van der Waals surface area contributed by atoms with Crippen LogP contribution in [-0.2, 0) is 19.5 Å². The monoisotopic (exact) mass is 273 g/mol. The highest BCUT2D eigenvalue weighted by atomic mass is 16.3. The van der Waals surface area contributed by atoms with Crippen LogP contribution < -0.4 is 5.32 Å². The third kappa shape index (κ3) is 4.38. The summed E-state index contributed by atoms with van der Waals surface area (Å²) in [6.07, 6.45) is 4.81. The average molecular weight is 273 g/mol. The first kappa shape index (κ1) is 14.6. The molecule has 1 heterocycles. The van der Waals surface area contributed by atoms with Crippen LogP contribution in [0.15, 0.2) is 36.7 Å². The molecular weight excluding hydrogens is 250 g/mol. The largest absolute Gasteiger partial charge is 0.394 e. The summed E-state index contributed by atoms with van der Waals surface area (Å²) in [5.74, 6) is 0.691. The van der Waals surface area contributed by atoms with Crippen LogP contribution >= 0.6 is 0 Å². The highest BCUT2D eigenvalue weighted by molar-refractivity contribution is 5.39. The molecule has 0 bridgehead atoms. The first-order chi connectivity index (χ1) is 9.67. The normalized spacial score (nSPS) is 11.0. The van der Waals surface area contributed by atoms with Gasteiger partial charge in [0.1, 0.15) is 0 Å². The van der Waals surface area contributed by atoms with Crippen LogP contribution in [0, 0.1) is 5.92 Å². The van der Waals surface area contributed by atoms with Crippen LogP contribution in [0.3, 0.4) is 0 Å². The Morgan fingerprint density at radius 1 is 1.20 bits per heavy atom. The number of benzene rings is 1.